The highest BCUT2D eigenvalue weighted by molar-refractivity contribution is 5.84. The Morgan fingerprint density at radius 2 is 2.10 bits per heavy atom. The van der Waals surface area contributed by atoms with Crippen molar-refractivity contribution in [3.63, 3.8) is 0 Å². The van der Waals surface area contributed by atoms with Crippen molar-refractivity contribution >= 4 is 22.9 Å². The number of fused-ring (bicyclic) bond motifs is 1. The van der Waals surface area contributed by atoms with Gasteiger partial charge >= 0.3 is 0 Å². The molecule has 5 N–H and O–H groups in total. The summed E-state index contributed by atoms with van der Waals surface area (Å²) in [6, 6.07) is 0. The van der Waals surface area contributed by atoms with Crippen LogP contribution in [0.5, 0.6) is 0 Å². The van der Waals surface area contributed by atoms with Gasteiger partial charge < -0.3 is 26.0 Å². The molecule has 0 unspecified atom stereocenters. The third-order valence-electron chi connectivity index (χ3n) is 3.46. The number of nitrogens with one attached hydrogen (secondary N) is 1. The van der Waals surface area contributed by atoms with Crippen LogP contribution in [-0.4, -0.2) is 55.1 Å². The van der Waals surface area contributed by atoms with Crippen LogP contribution in [0.4, 0.5) is 11.8 Å². The number of rotatable bonds is 2. The minimum absolute atomic E-state index is 0.242. The Morgan fingerprint density at radius 3 is 2.70 bits per heavy atom. The van der Waals surface area contributed by atoms with E-state index < -0.39 is 24.5 Å². The van der Waals surface area contributed by atoms with Gasteiger partial charge in [-0.3, -0.25) is 4.57 Å². The van der Waals surface area contributed by atoms with Gasteiger partial charge in [-0.2, -0.15) is 0 Å². The normalized spacial score (nSPS) is 30.0. The Kier molecular flexibility index (Phi) is 2.96. The van der Waals surface area contributed by atoms with Crippen molar-refractivity contribution in [3.05, 3.63) is 6.33 Å². The predicted molar refractivity (Wildman–Crippen MR) is 70.9 cm³/mol. The molecule has 0 bridgehead atoms. The molecule has 0 radical (unpaired) electrons. The monoisotopic (exact) mass is 280 g/mol. The lowest BCUT2D eigenvalue weighted by molar-refractivity contribution is -0.0286. The van der Waals surface area contributed by atoms with E-state index in [2.05, 4.69) is 20.3 Å². The van der Waals surface area contributed by atoms with Crippen molar-refractivity contribution in [2.75, 3.05) is 18.1 Å². The SMILES string of the molecule is CNc1nc2c(N)ncnc2n1[C@@H]1O[C@H](C)[C@@H](O)[C@H]1O. The molecule has 9 heteroatoms. The quantitative estimate of drug-likeness (QED) is 0.556. The van der Waals surface area contributed by atoms with Crippen molar-refractivity contribution in [1.82, 2.24) is 19.5 Å². The molecule has 1 aliphatic rings. The molecule has 2 aromatic rings. The van der Waals surface area contributed by atoms with Gasteiger partial charge in [-0.15, -0.1) is 0 Å². The van der Waals surface area contributed by atoms with Gasteiger partial charge in [0.25, 0.3) is 0 Å². The standard InChI is InChI=1S/C11H16N6O3/c1-4-6(18)7(19)10(20-4)17-9-5(16-11(17)13-2)8(12)14-3-15-9/h3-4,6-7,10,18-19H,1-2H3,(H,13,16)(H2,12,14,15)/t4-,6-,7-,10-/m1/s1. The highest BCUT2D eigenvalue weighted by atomic mass is 16.6. The number of aliphatic hydroxyl groups is 2. The molecule has 2 aromatic heterocycles. The second-order valence-electron chi connectivity index (χ2n) is 4.70. The molecule has 20 heavy (non-hydrogen) atoms. The maximum absolute atomic E-state index is 10.1. The van der Waals surface area contributed by atoms with Gasteiger partial charge in [0.15, 0.2) is 23.2 Å². The highest BCUT2D eigenvalue weighted by Gasteiger charge is 2.43. The first-order chi connectivity index (χ1) is 9.54. The molecule has 108 valence electrons. The van der Waals surface area contributed by atoms with Crippen LogP contribution < -0.4 is 11.1 Å². The Hall–Kier alpha value is -1.97. The van der Waals surface area contributed by atoms with Crippen molar-refractivity contribution in [2.24, 2.45) is 0 Å². The molecular weight excluding hydrogens is 264 g/mol. The molecule has 0 amide bonds. The lowest BCUT2D eigenvalue weighted by atomic mass is 10.1. The topological polar surface area (TPSA) is 131 Å². The summed E-state index contributed by atoms with van der Waals surface area (Å²) in [5, 5.41) is 22.9. The number of anilines is 2. The minimum atomic E-state index is -1.08. The van der Waals surface area contributed by atoms with E-state index in [0.29, 0.717) is 17.1 Å². The second-order valence-corrected chi connectivity index (χ2v) is 4.70. The molecule has 0 spiro atoms. The van der Waals surface area contributed by atoms with Crippen molar-refractivity contribution in [1.29, 1.82) is 0 Å². The fraction of sp³-hybridized carbons (Fsp3) is 0.545. The van der Waals surface area contributed by atoms with Gasteiger partial charge in [0.05, 0.1) is 6.10 Å². The molecule has 0 aliphatic carbocycles. The van der Waals surface area contributed by atoms with Gasteiger partial charge in [0, 0.05) is 7.05 Å². The zero-order chi connectivity index (χ0) is 14.4. The van der Waals surface area contributed by atoms with E-state index in [1.54, 1.807) is 18.5 Å². The van der Waals surface area contributed by atoms with E-state index in [1.165, 1.54) is 6.33 Å². The number of nitrogen functional groups attached to an aromatic ring is 1. The number of hydrogen-bond donors (Lipinski definition) is 4. The average molecular weight is 280 g/mol. The largest absolute Gasteiger partial charge is 0.388 e. The number of aromatic nitrogens is 4. The Bertz CT molecular complexity index is 644. The first-order valence-electron chi connectivity index (χ1n) is 6.22. The molecule has 4 atom stereocenters. The van der Waals surface area contributed by atoms with Crippen molar-refractivity contribution < 1.29 is 14.9 Å². The highest BCUT2D eigenvalue weighted by Crippen LogP contribution is 2.34. The first-order valence-corrected chi connectivity index (χ1v) is 6.22. The van der Waals surface area contributed by atoms with E-state index in [-0.39, 0.29) is 5.82 Å². The van der Waals surface area contributed by atoms with E-state index in [1.807, 2.05) is 0 Å². The van der Waals surface area contributed by atoms with Crippen LogP contribution in [0.1, 0.15) is 13.2 Å². The summed E-state index contributed by atoms with van der Waals surface area (Å²) in [6.45, 7) is 1.69. The van der Waals surface area contributed by atoms with Crippen LogP contribution in [0.2, 0.25) is 0 Å². The number of imidazole rings is 1. The van der Waals surface area contributed by atoms with Crippen molar-refractivity contribution in [2.45, 2.75) is 31.5 Å². The molecule has 9 nitrogen and oxygen atoms in total. The van der Waals surface area contributed by atoms with Crippen LogP contribution in [0, 0.1) is 0 Å². The van der Waals surface area contributed by atoms with E-state index >= 15 is 0 Å². The first kappa shape index (κ1) is 13.0. The Labute approximate surface area is 114 Å². The molecule has 0 saturated carbocycles. The molecule has 1 saturated heterocycles. The number of nitrogens with zero attached hydrogens (tertiary/aromatic N) is 4. The van der Waals surface area contributed by atoms with Gasteiger partial charge in [-0.05, 0) is 6.92 Å². The molecular formula is C11H16N6O3. The molecule has 0 aromatic carbocycles. The van der Waals surface area contributed by atoms with Crippen LogP contribution in [0.3, 0.4) is 0 Å². The number of ether oxygens (including phenoxy) is 1. The van der Waals surface area contributed by atoms with E-state index in [0.717, 1.165) is 0 Å². The van der Waals surface area contributed by atoms with Gasteiger partial charge in [0.1, 0.15) is 18.5 Å². The van der Waals surface area contributed by atoms with Crippen molar-refractivity contribution in [3.8, 4) is 0 Å². The third kappa shape index (κ3) is 1.71. The molecule has 3 heterocycles. The third-order valence-corrected chi connectivity index (χ3v) is 3.46. The summed E-state index contributed by atoms with van der Waals surface area (Å²) in [5.41, 5.74) is 6.63. The van der Waals surface area contributed by atoms with Gasteiger partial charge in [0.2, 0.25) is 5.95 Å². The van der Waals surface area contributed by atoms with Crippen LogP contribution in [-0.2, 0) is 4.74 Å². The Balaban J connectivity index is 2.18. The predicted octanol–water partition coefficient (Wildman–Crippen LogP) is -0.911. The number of aliphatic hydroxyl groups excluding tert-OH is 2. The Morgan fingerprint density at radius 1 is 1.35 bits per heavy atom. The fourth-order valence-corrected chi connectivity index (χ4v) is 2.38. The summed E-state index contributed by atoms with van der Waals surface area (Å²) >= 11 is 0. The summed E-state index contributed by atoms with van der Waals surface area (Å²) in [4.78, 5) is 12.3. The smallest absolute Gasteiger partial charge is 0.207 e. The van der Waals surface area contributed by atoms with Gasteiger partial charge in [-0.25, -0.2) is 15.0 Å². The lowest BCUT2D eigenvalue weighted by Crippen LogP contribution is -2.30. The fourth-order valence-electron chi connectivity index (χ4n) is 2.38. The van der Waals surface area contributed by atoms with E-state index in [4.69, 9.17) is 10.5 Å². The van der Waals surface area contributed by atoms with Crippen LogP contribution in [0.25, 0.3) is 11.2 Å². The molecule has 1 fully saturated rings. The second kappa shape index (κ2) is 4.54. The number of hydrogen-bond acceptors (Lipinski definition) is 8. The summed E-state index contributed by atoms with van der Waals surface area (Å²) in [6.07, 6.45) is -2.01. The maximum atomic E-state index is 10.1. The van der Waals surface area contributed by atoms with Gasteiger partial charge in [-0.1, -0.05) is 0 Å². The summed E-state index contributed by atoms with van der Waals surface area (Å²) < 4.78 is 7.18. The summed E-state index contributed by atoms with van der Waals surface area (Å²) in [7, 11) is 1.68. The zero-order valence-corrected chi connectivity index (χ0v) is 11.1. The maximum Gasteiger partial charge on any atom is 0.207 e. The molecule has 1 aliphatic heterocycles. The molecule has 3 rings (SSSR count). The van der Waals surface area contributed by atoms with Crippen LogP contribution >= 0.6 is 0 Å². The number of nitrogens with two attached hydrogens (primary N) is 1. The van der Waals surface area contributed by atoms with Crippen LogP contribution in [0.15, 0.2) is 6.33 Å². The van der Waals surface area contributed by atoms with E-state index in [9.17, 15) is 10.2 Å². The zero-order valence-electron chi connectivity index (χ0n) is 11.1. The summed E-state index contributed by atoms with van der Waals surface area (Å²) in [5.74, 6) is 0.670. The average Bonchev–Trinajstić information content (AvgIpc) is 2.93. The minimum Gasteiger partial charge on any atom is -0.388 e. The lowest BCUT2D eigenvalue weighted by Gasteiger charge is -2.18.